The number of hydrogen-bond acceptors (Lipinski definition) is 5. The molecule has 0 unspecified atom stereocenters. The van der Waals surface area contributed by atoms with Gasteiger partial charge >= 0.3 is 0 Å². The number of nitriles is 1. The van der Waals surface area contributed by atoms with E-state index in [1.807, 2.05) is 0 Å². The molecule has 6 nitrogen and oxygen atoms in total. The summed E-state index contributed by atoms with van der Waals surface area (Å²) in [5.74, 6) is 0.559. The van der Waals surface area contributed by atoms with Gasteiger partial charge in [-0.2, -0.15) is 5.26 Å². The number of hydrogen-bond donors (Lipinski definition) is 2. The molecule has 0 aromatic heterocycles. The van der Waals surface area contributed by atoms with Crippen LogP contribution in [-0.4, -0.2) is 66.1 Å². The van der Waals surface area contributed by atoms with Crippen molar-refractivity contribution in [3.8, 4) is 6.07 Å². The van der Waals surface area contributed by atoms with Crippen LogP contribution in [0.4, 0.5) is 0 Å². The number of nitrogens with zero attached hydrogens (tertiary/aromatic N) is 3. The van der Waals surface area contributed by atoms with Crippen molar-refractivity contribution in [3.63, 3.8) is 0 Å². The molecule has 1 saturated carbocycles. The Hall–Kier alpha value is -1.16. The van der Waals surface area contributed by atoms with E-state index in [1.165, 1.54) is 6.42 Å². The molecule has 3 aliphatic rings. The number of carbonyl (C=O) groups is 1. The molecule has 1 aliphatic carbocycles. The first-order valence-electron chi connectivity index (χ1n) is 8.41. The van der Waals surface area contributed by atoms with Crippen molar-refractivity contribution in [2.24, 2.45) is 11.7 Å². The van der Waals surface area contributed by atoms with Gasteiger partial charge < -0.3 is 11.1 Å². The number of nitrogens with two attached hydrogens (primary N) is 1. The summed E-state index contributed by atoms with van der Waals surface area (Å²) in [7, 11) is 0. The number of nitrogens with one attached hydrogen (secondary N) is 1. The number of primary amides is 1. The lowest BCUT2D eigenvalue weighted by Crippen LogP contribution is -2.72. The monoisotopic (exact) mass is 305 g/mol. The van der Waals surface area contributed by atoms with E-state index in [1.54, 1.807) is 0 Å². The molecule has 3 fully saturated rings. The average molecular weight is 305 g/mol. The maximum Gasteiger partial charge on any atom is 0.231 e. The molecule has 122 valence electrons. The summed E-state index contributed by atoms with van der Waals surface area (Å²) in [4.78, 5) is 15.5. The highest BCUT2D eigenvalue weighted by atomic mass is 16.1. The zero-order valence-corrected chi connectivity index (χ0v) is 13.4. The largest absolute Gasteiger partial charge is 0.369 e. The second-order valence-corrected chi connectivity index (χ2v) is 7.42. The molecule has 6 heteroatoms. The molecule has 2 atom stereocenters. The van der Waals surface area contributed by atoms with E-state index in [9.17, 15) is 10.1 Å². The predicted octanol–water partition coefficient (Wildman–Crippen LogP) is -0.0978. The summed E-state index contributed by atoms with van der Waals surface area (Å²) in [5.41, 5.74) is 5.20. The number of piperidine rings is 1. The van der Waals surface area contributed by atoms with Gasteiger partial charge in [0.1, 0.15) is 0 Å². The third-order valence-electron chi connectivity index (χ3n) is 5.55. The molecule has 22 heavy (non-hydrogen) atoms. The first-order chi connectivity index (χ1) is 10.5. The minimum absolute atomic E-state index is 0.0535. The van der Waals surface area contributed by atoms with Crippen LogP contribution in [0.25, 0.3) is 0 Å². The van der Waals surface area contributed by atoms with Crippen molar-refractivity contribution >= 4 is 5.91 Å². The lowest BCUT2D eigenvalue weighted by atomic mass is 9.82. The maximum atomic E-state index is 11.0. The van der Waals surface area contributed by atoms with E-state index in [0.29, 0.717) is 19.0 Å². The van der Waals surface area contributed by atoms with Gasteiger partial charge in [0.05, 0.1) is 24.6 Å². The predicted molar refractivity (Wildman–Crippen MR) is 83.9 cm³/mol. The Morgan fingerprint density at radius 3 is 2.55 bits per heavy atom. The molecular weight excluding hydrogens is 278 g/mol. The topological polar surface area (TPSA) is 85.4 Å². The van der Waals surface area contributed by atoms with Crippen LogP contribution >= 0.6 is 0 Å². The summed E-state index contributed by atoms with van der Waals surface area (Å²) in [6.07, 6.45) is 4.18. The molecule has 2 saturated heterocycles. The van der Waals surface area contributed by atoms with Gasteiger partial charge in [-0.3, -0.25) is 14.6 Å². The van der Waals surface area contributed by atoms with Crippen LogP contribution in [0.2, 0.25) is 0 Å². The minimum Gasteiger partial charge on any atom is -0.369 e. The highest BCUT2D eigenvalue weighted by Crippen LogP contribution is 2.34. The molecule has 2 heterocycles. The molecule has 0 spiro atoms. The van der Waals surface area contributed by atoms with Crippen LogP contribution in [0.15, 0.2) is 0 Å². The van der Waals surface area contributed by atoms with Gasteiger partial charge in [0.25, 0.3) is 0 Å². The summed E-state index contributed by atoms with van der Waals surface area (Å²) in [6, 6.07) is 3.71. The van der Waals surface area contributed by atoms with Crippen molar-refractivity contribution in [3.05, 3.63) is 0 Å². The van der Waals surface area contributed by atoms with E-state index >= 15 is 0 Å². The highest BCUT2D eigenvalue weighted by molar-refractivity contribution is 5.76. The Bertz CT molecular complexity index is 460. The van der Waals surface area contributed by atoms with Gasteiger partial charge in [0.2, 0.25) is 5.91 Å². The molecule has 3 rings (SSSR count). The summed E-state index contributed by atoms with van der Waals surface area (Å²) in [6.45, 7) is 6.29. The van der Waals surface area contributed by atoms with Gasteiger partial charge in [-0.1, -0.05) is 6.92 Å². The van der Waals surface area contributed by atoms with Crippen molar-refractivity contribution < 1.29 is 4.79 Å². The van der Waals surface area contributed by atoms with Crippen LogP contribution in [0, 0.1) is 17.2 Å². The van der Waals surface area contributed by atoms with Crippen molar-refractivity contribution in [2.45, 2.75) is 50.2 Å². The zero-order chi connectivity index (χ0) is 15.7. The average Bonchev–Trinajstić information content (AvgIpc) is 3.12. The molecule has 3 N–H and O–H groups in total. The van der Waals surface area contributed by atoms with Crippen LogP contribution in [0.1, 0.15) is 32.6 Å². The van der Waals surface area contributed by atoms with Gasteiger partial charge in [-0.05, 0) is 25.2 Å². The Labute approximate surface area is 132 Å². The zero-order valence-electron chi connectivity index (χ0n) is 13.4. The molecule has 0 bridgehead atoms. The fourth-order valence-corrected chi connectivity index (χ4v) is 4.07. The van der Waals surface area contributed by atoms with Crippen molar-refractivity contribution in [1.29, 1.82) is 5.26 Å². The quantitative estimate of drug-likeness (QED) is 0.716. The lowest BCUT2D eigenvalue weighted by Gasteiger charge is -2.56. The van der Waals surface area contributed by atoms with Gasteiger partial charge in [-0.15, -0.1) is 0 Å². The third-order valence-corrected chi connectivity index (χ3v) is 5.55. The molecule has 0 aromatic rings. The molecule has 0 aromatic carbocycles. The third kappa shape index (κ3) is 3.27. The molecular formula is C16H27N5O. The van der Waals surface area contributed by atoms with E-state index in [4.69, 9.17) is 5.73 Å². The van der Waals surface area contributed by atoms with Crippen LogP contribution < -0.4 is 11.1 Å². The smallest absolute Gasteiger partial charge is 0.231 e. The Kier molecular flexibility index (Phi) is 4.40. The summed E-state index contributed by atoms with van der Waals surface area (Å²) >= 11 is 0. The second kappa shape index (κ2) is 6.15. The number of carbonyl (C=O) groups excluding carboxylic acids is 1. The lowest BCUT2D eigenvalue weighted by molar-refractivity contribution is -0.124. The standard InChI is InChI=1S/C16H27N5O/c1-12-8-14(12)19-13-2-6-21(7-3-13)16(4-5-17)10-20(11-16)9-15(18)22/h12-14,19H,2-4,6-11H2,1H3,(H2,18,22)/t12-,14-/m1/s1. The first-order valence-corrected chi connectivity index (χ1v) is 8.41. The van der Waals surface area contributed by atoms with Gasteiger partial charge in [-0.25, -0.2) is 0 Å². The Morgan fingerprint density at radius 2 is 2.05 bits per heavy atom. The SMILES string of the molecule is C[C@@H]1C[C@H]1NC1CCN(C2(CC#N)CN(CC(N)=O)C2)CC1. The Balaban J connectivity index is 1.49. The fraction of sp³-hybridized carbons (Fsp3) is 0.875. The van der Waals surface area contributed by atoms with Crippen LogP contribution in [0.3, 0.4) is 0 Å². The minimum atomic E-state index is -0.285. The highest BCUT2D eigenvalue weighted by Gasteiger charge is 2.48. The van der Waals surface area contributed by atoms with E-state index in [-0.39, 0.29) is 11.4 Å². The fourth-order valence-electron chi connectivity index (χ4n) is 4.07. The molecule has 1 amide bonds. The van der Waals surface area contributed by atoms with E-state index < -0.39 is 0 Å². The molecule has 0 radical (unpaired) electrons. The van der Waals surface area contributed by atoms with E-state index in [2.05, 4.69) is 28.1 Å². The van der Waals surface area contributed by atoms with Crippen LogP contribution in [-0.2, 0) is 4.79 Å². The van der Waals surface area contributed by atoms with Crippen molar-refractivity contribution in [1.82, 2.24) is 15.1 Å². The number of amides is 1. The van der Waals surface area contributed by atoms with Gasteiger partial charge in [0, 0.05) is 38.3 Å². The molecule has 2 aliphatic heterocycles. The summed E-state index contributed by atoms with van der Waals surface area (Å²) < 4.78 is 0. The number of rotatable bonds is 6. The van der Waals surface area contributed by atoms with Crippen LogP contribution in [0.5, 0.6) is 0 Å². The maximum absolute atomic E-state index is 11.0. The Morgan fingerprint density at radius 1 is 1.41 bits per heavy atom. The summed E-state index contributed by atoms with van der Waals surface area (Å²) in [5, 5.41) is 12.9. The van der Waals surface area contributed by atoms with Gasteiger partial charge in [0.15, 0.2) is 0 Å². The normalized spacial score (nSPS) is 32.2. The second-order valence-electron chi connectivity index (χ2n) is 7.42. The first kappa shape index (κ1) is 15.7. The van der Waals surface area contributed by atoms with E-state index in [0.717, 1.165) is 51.0 Å². The van der Waals surface area contributed by atoms with Crippen molar-refractivity contribution in [2.75, 3.05) is 32.7 Å². The number of likely N-dealkylation sites (tertiary alicyclic amines) is 2.